The Hall–Kier alpha value is -2.00. The summed E-state index contributed by atoms with van der Waals surface area (Å²) in [5.74, 6) is 0. The van der Waals surface area contributed by atoms with Crippen molar-refractivity contribution < 1.29 is 3.08 Å². The molecule has 0 aromatic heterocycles. The summed E-state index contributed by atoms with van der Waals surface area (Å²) < 4.78 is 15.0. The summed E-state index contributed by atoms with van der Waals surface area (Å²) in [6, 6.07) is 28.8. The molecule has 0 aliphatic carbocycles. The Labute approximate surface area is 136 Å². The molecule has 0 aliphatic heterocycles. The van der Waals surface area contributed by atoms with Gasteiger partial charge in [0.25, 0.3) is 0 Å². The third-order valence-corrected chi connectivity index (χ3v) is 8.79. The van der Waals surface area contributed by atoms with Crippen LogP contribution in [0.2, 0.25) is 0 Å². The molecule has 4 rings (SSSR count). The van der Waals surface area contributed by atoms with E-state index in [-0.39, 0.29) is 0 Å². The summed E-state index contributed by atoms with van der Waals surface area (Å²) in [6.07, 6.45) is 0. The summed E-state index contributed by atoms with van der Waals surface area (Å²) in [4.78, 5) is 0. The van der Waals surface area contributed by atoms with Crippen molar-refractivity contribution in [2.45, 2.75) is 0 Å². The standard InChI is InChI=1S/2C10H7.O.Sn/c2*1-2-6-10-8-4-3-7-9(10)5-1;;/h2*1-3,5-8H;;. The molecule has 0 saturated heterocycles. The number of hydrogen-bond donors (Lipinski definition) is 0. The molecule has 0 spiro atoms. The first-order valence-electron chi connectivity index (χ1n) is 7.33. The van der Waals surface area contributed by atoms with E-state index in [0.29, 0.717) is 0 Å². The van der Waals surface area contributed by atoms with Crippen LogP contribution < -0.4 is 7.16 Å². The summed E-state index contributed by atoms with van der Waals surface area (Å²) in [5.41, 5.74) is 0. The van der Waals surface area contributed by atoms with Crippen LogP contribution in [-0.4, -0.2) is 19.7 Å². The van der Waals surface area contributed by atoms with Crippen LogP contribution in [0.4, 0.5) is 0 Å². The van der Waals surface area contributed by atoms with E-state index in [9.17, 15) is 3.08 Å². The molecule has 0 saturated carbocycles. The first-order chi connectivity index (χ1) is 10.8. The summed E-state index contributed by atoms with van der Waals surface area (Å²) in [6.45, 7) is 0. The number of rotatable bonds is 2. The van der Waals surface area contributed by atoms with Crippen LogP contribution in [0.3, 0.4) is 0 Å². The number of hydrogen-bond acceptors (Lipinski definition) is 1. The van der Waals surface area contributed by atoms with Crippen molar-refractivity contribution in [2.24, 2.45) is 0 Å². The van der Waals surface area contributed by atoms with E-state index >= 15 is 0 Å². The number of benzene rings is 4. The third kappa shape index (κ3) is 2.46. The van der Waals surface area contributed by atoms with Crippen LogP contribution in [0.1, 0.15) is 0 Å². The topological polar surface area (TPSA) is 17.1 Å². The van der Waals surface area contributed by atoms with E-state index in [1.165, 1.54) is 10.8 Å². The molecule has 0 radical (unpaired) electrons. The fourth-order valence-corrected chi connectivity index (χ4v) is 6.75. The minimum atomic E-state index is -3.02. The molecular weight excluding hydrogens is 375 g/mol. The Balaban J connectivity index is 1.80. The van der Waals surface area contributed by atoms with Crippen molar-refractivity contribution in [3.8, 4) is 0 Å². The first kappa shape index (κ1) is 13.6. The van der Waals surface area contributed by atoms with Crippen LogP contribution in [-0.2, 0) is 3.08 Å². The van der Waals surface area contributed by atoms with Gasteiger partial charge in [-0.1, -0.05) is 0 Å². The zero-order valence-electron chi connectivity index (χ0n) is 12.0. The maximum absolute atomic E-state index is 13.0. The van der Waals surface area contributed by atoms with Crippen LogP contribution in [0.5, 0.6) is 0 Å². The molecule has 0 fully saturated rings. The zero-order valence-corrected chi connectivity index (χ0v) is 14.8. The van der Waals surface area contributed by atoms with Crippen molar-refractivity contribution >= 4 is 48.4 Å². The fourth-order valence-electron chi connectivity index (χ4n) is 2.83. The second kappa shape index (κ2) is 5.65. The molecule has 0 amide bonds. The SMILES string of the molecule is [O]=[Sn]([c]1ccc2ccccc2c1)[c]1ccc2ccccc2c1. The second-order valence-corrected chi connectivity index (χ2v) is 10.6. The average molecular weight is 389 g/mol. The second-order valence-electron chi connectivity index (χ2n) is 5.45. The Bertz CT molecular complexity index is 923. The van der Waals surface area contributed by atoms with Crippen LogP contribution in [0.25, 0.3) is 21.5 Å². The van der Waals surface area contributed by atoms with Gasteiger partial charge in [0.15, 0.2) is 0 Å². The van der Waals surface area contributed by atoms with Gasteiger partial charge >= 0.3 is 136 Å². The Morgan fingerprint density at radius 1 is 0.500 bits per heavy atom. The van der Waals surface area contributed by atoms with Crippen molar-refractivity contribution in [1.82, 2.24) is 0 Å². The average Bonchev–Trinajstić information content (AvgIpc) is 2.60. The van der Waals surface area contributed by atoms with Crippen molar-refractivity contribution in [2.75, 3.05) is 0 Å². The van der Waals surface area contributed by atoms with Gasteiger partial charge in [-0.3, -0.25) is 0 Å². The molecule has 0 aliphatic rings. The van der Waals surface area contributed by atoms with Gasteiger partial charge in [-0.15, -0.1) is 0 Å². The normalized spacial score (nSPS) is 10.9. The molecule has 22 heavy (non-hydrogen) atoms. The van der Waals surface area contributed by atoms with Crippen LogP contribution in [0.15, 0.2) is 84.9 Å². The van der Waals surface area contributed by atoms with Gasteiger partial charge in [0.05, 0.1) is 0 Å². The number of fused-ring (bicyclic) bond motifs is 2. The van der Waals surface area contributed by atoms with Crippen molar-refractivity contribution in [1.29, 1.82) is 0 Å². The maximum atomic E-state index is 13.0. The van der Waals surface area contributed by atoms with Crippen molar-refractivity contribution in [3.63, 3.8) is 0 Å². The predicted octanol–water partition coefficient (Wildman–Crippen LogP) is 3.53. The molecule has 4 aromatic carbocycles. The first-order valence-corrected chi connectivity index (χ1v) is 11.4. The van der Waals surface area contributed by atoms with Gasteiger partial charge in [-0.2, -0.15) is 0 Å². The molecule has 0 N–H and O–H groups in total. The molecule has 4 aromatic rings. The molecule has 2 heteroatoms. The molecule has 104 valence electrons. The molecular formula is C20H14OSn. The Kier molecular flexibility index (Phi) is 3.51. The van der Waals surface area contributed by atoms with E-state index in [4.69, 9.17) is 0 Å². The van der Waals surface area contributed by atoms with Gasteiger partial charge in [0.1, 0.15) is 0 Å². The van der Waals surface area contributed by atoms with E-state index < -0.39 is 19.7 Å². The van der Waals surface area contributed by atoms with E-state index in [2.05, 4.69) is 48.5 Å². The molecule has 1 nitrogen and oxygen atoms in total. The van der Waals surface area contributed by atoms with Crippen LogP contribution >= 0.6 is 0 Å². The zero-order chi connectivity index (χ0) is 14.9. The minimum absolute atomic E-state index is 1.01. The summed E-state index contributed by atoms with van der Waals surface area (Å²) in [5, 5.41) is 4.71. The third-order valence-electron chi connectivity index (χ3n) is 4.02. The predicted molar refractivity (Wildman–Crippen MR) is 93.6 cm³/mol. The van der Waals surface area contributed by atoms with E-state index in [0.717, 1.165) is 17.9 Å². The van der Waals surface area contributed by atoms with E-state index in [1.54, 1.807) is 0 Å². The summed E-state index contributed by atoms with van der Waals surface area (Å²) >= 11 is -3.02. The van der Waals surface area contributed by atoms with Gasteiger partial charge < -0.3 is 0 Å². The van der Waals surface area contributed by atoms with E-state index in [1.807, 2.05) is 36.4 Å². The Morgan fingerprint density at radius 3 is 1.36 bits per heavy atom. The fraction of sp³-hybridized carbons (Fsp3) is 0. The summed E-state index contributed by atoms with van der Waals surface area (Å²) in [7, 11) is 0. The van der Waals surface area contributed by atoms with Gasteiger partial charge in [-0.05, 0) is 0 Å². The molecule has 0 atom stereocenters. The van der Waals surface area contributed by atoms with Crippen molar-refractivity contribution in [3.05, 3.63) is 84.9 Å². The molecule has 0 heterocycles. The molecule has 0 unspecified atom stereocenters. The molecule has 0 bridgehead atoms. The Morgan fingerprint density at radius 2 is 0.909 bits per heavy atom. The van der Waals surface area contributed by atoms with Gasteiger partial charge in [0, 0.05) is 0 Å². The van der Waals surface area contributed by atoms with Crippen LogP contribution in [0, 0.1) is 0 Å². The monoisotopic (exact) mass is 390 g/mol. The quantitative estimate of drug-likeness (QED) is 0.480. The van der Waals surface area contributed by atoms with Gasteiger partial charge in [0.2, 0.25) is 0 Å². The van der Waals surface area contributed by atoms with Gasteiger partial charge in [-0.25, -0.2) is 0 Å².